The summed E-state index contributed by atoms with van der Waals surface area (Å²) in [5.41, 5.74) is 0. The second-order valence-electron chi connectivity index (χ2n) is 1.33. The van der Waals surface area contributed by atoms with Crippen LogP contribution in [0.15, 0.2) is 0 Å². The largest absolute Gasteiger partial charge is 0.393 e. The summed E-state index contributed by atoms with van der Waals surface area (Å²) in [6.07, 6.45) is 0.462. The maximum atomic E-state index is 8.47. The summed E-state index contributed by atoms with van der Waals surface area (Å²) < 4.78 is 0. The van der Waals surface area contributed by atoms with E-state index < -0.39 is 0 Å². The molecule has 0 rings (SSSR count). The highest BCUT2D eigenvalue weighted by molar-refractivity contribution is 6.17. The van der Waals surface area contributed by atoms with E-state index in [1.807, 2.05) is 0 Å². The minimum absolute atomic E-state index is 0.234. The Hall–Kier alpha value is 0.250. The van der Waals surface area contributed by atoms with E-state index in [4.69, 9.17) is 16.7 Å². The highest BCUT2D eigenvalue weighted by Gasteiger charge is 1.88. The minimum atomic E-state index is -0.234. The molecule has 0 spiro atoms. The normalized spacial score (nSPS) is 14.5. The molecular formula is C4H9ClO. The molecule has 0 aromatic heterocycles. The van der Waals surface area contributed by atoms with E-state index >= 15 is 0 Å². The molecule has 0 aliphatic carbocycles. The van der Waals surface area contributed by atoms with Gasteiger partial charge in [0.05, 0.1) is 6.10 Å². The average Bonchev–Trinajstić information content (AvgIpc) is 1.35. The first-order valence-electron chi connectivity index (χ1n) is 2.01. The van der Waals surface area contributed by atoms with Crippen LogP contribution < -0.4 is 0 Å². The molecule has 1 N–H and O–H groups in total. The first kappa shape index (κ1) is 6.25. The number of halogens is 1. The Bertz CT molecular complexity index is 28.7. The molecular weight excluding hydrogens is 99.5 g/mol. The zero-order chi connectivity index (χ0) is 4.99. The van der Waals surface area contributed by atoms with E-state index in [9.17, 15) is 0 Å². The standard InChI is InChI=1S/C4H9ClO/c1-4(6)2-3-5/h4,6H,2-3H2,1H3. The van der Waals surface area contributed by atoms with E-state index in [-0.39, 0.29) is 6.10 Å². The van der Waals surface area contributed by atoms with Crippen molar-refractivity contribution in [1.82, 2.24) is 0 Å². The molecule has 0 aliphatic rings. The van der Waals surface area contributed by atoms with Gasteiger partial charge in [-0.05, 0) is 13.3 Å². The van der Waals surface area contributed by atoms with E-state index in [0.717, 1.165) is 0 Å². The van der Waals surface area contributed by atoms with Gasteiger partial charge < -0.3 is 5.11 Å². The van der Waals surface area contributed by atoms with E-state index in [1.54, 1.807) is 6.92 Å². The molecule has 0 aromatic rings. The highest BCUT2D eigenvalue weighted by Crippen LogP contribution is 1.89. The van der Waals surface area contributed by atoms with Crippen LogP contribution in [-0.4, -0.2) is 17.1 Å². The smallest absolute Gasteiger partial charge is 0.0523 e. The summed E-state index contributed by atoms with van der Waals surface area (Å²) in [4.78, 5) is 0. The monoisotopic (exact) mass is 108 g/mol. The zero-order valence-electron chi connectivity index (χ0n) is 3.82. The third kappa shape index (κ3) is 4.25. The Morgan fingerprint density at radius 1 is 1.83 bits per heavy atom. The van der Waals surface area contributed by atoms with Gasteiger partial charge in [-0.3, -0.25) is 0 Å². The molecule has 0 bridgehead atoms. The van der Waals surface area contributed by atoms with Gasteiger partial charge in [0.2, 0.25) is 0 Å². The van der Waals surface area contributed by atoms with Gasteiger partial charge in [-0.1, -0.05) is 0 Å². The highest BCUT2D eigenvalue weighted by atomic mass is 35.5. The summed E-state index contributed by atoms with van der Waals surface area (Å²) in [5, 5.41) is 8.47. The molecule has 1 atom stereocenters. The van der Waals surface area contributed by atoms with Crippen LogP contribution in [0.5, 0.6) is 0 Å². The number of alkyl halides is 1. The molecule has 0 heterocycles. The maximum Gasteiger partial charge on any atom is 0.0523 e. The fourth-order valence-electron chi connectivity index (χ4n) is 0.158. The van der Waals surface area contributed by atoms with Gasteiger partial charge in [-0.25, -0.2) is 0 Å². The molecule has 6 heavy (non-hydrogen) atoms. The van der Waals surface area contributed by atoms with E-state index in [2.05, 4.69) is 0 Å². The Morgan fingerprint density at radius 2 is 2.33 bits per heavy atom. The molecule has 0 aliphatic heterocycles. The minimum Gasteiger partial charge on any atom is -0.393 e. The van der Waals surface area contributed by atoms with Crippen molar-refractivity contribution in [2.24, 2.45) is 0 Å². The predicted octanol–water partition coefficient (Wildman–Crippen LogP) is 0.996. The van der Waals surface area contributed by atoms with Gasteiger partial charge in [-0.2, -0.15) is 0 Å². The van der Waals surface area contributed by atoms with E-state index in [1.165, 1.54) is 0 Å². The van der Waals surface area contributed by atoms with Crippen molar-refractivity contribution in [3.63, 3.8) is 0 Å². The van der Waals surface area contributed by atoms with Crippen LogP contribution in [0.1, 0.15) is 13.3 Å². The predicted molar refractivity (Wildman–Crippen MR) is 27.0 cm³/mol. The van der Waals surface area contributed by atoms with Crippen molar-refractivity contribution < 1.29 is 5.11 Å². The van der Waals surface area contributed by atoms with Gasteiger partial charge in [0.15, 0.2) is 0 Å². The Kier molecular flexibility index (Phi) is 3.58. The molecule has 0 fully saturated rings. The van der Waals surface area contributed by atoms with Gasteiger partial charge in [0.1, 0.15) is 0 Å². The molecule has 0 saturated heterocycles. The molecule has 0 saturated carbocycles. The SMILES string of the molecule is CC(O)CCCl. The van der Waals surface area contributed by atoms with Crippen molar-refractivity contribution in [2.75, 3.05) is 5.88 Å². The third-order valence-corrected chi connectivity index (χ3v) is 0.745. The molecule has 38 valence electrons. The summed E-state index contributed by atoms with van der Waals surface area (Å²) >= 11 is 5.24. The lowest BCUT2D eigenvalue weighted by molar-refractivity contribution is 0.192. The third-order valence-electron chi connectivity index (χ3n) is 0.527. The summed E-state index contributed by atoms with van der Waals surface area (Å²) in [5.74, 6) is 0.553. The number of hydrogen-bond acceptors (Lipinski definition) is 1. The molecule has 1 nitrogen and oxygen atoms in total. The van der Waals surface area contributed by atoms with Crippen molar-refractivity contribution in [1.29, 1.82) is 0 Å². The average molecular weight is 109 g/mol. The summed E-state index contributed by atoms with van der Waals surface area (Å²) in [6.45, 7) is 1.72. The van der Waals surface area contributed by atoms with Crippen LogP contribution in [0.3, 0.4) is 0 Å². The van der Waals surface area contributed by atoms with Crippen LogP contribution >= 0.6 is 11.6 Å². The Labute approximate surface area is 42.9 Å². The molecule has 0 amide bonds. The lowest BCUT2D eigenvalue weighted by Gasteiger charge is -1.94. The topological polar surface area (TPSA) is 20.2 Å². The van der Waals surface area contributed by atoms with Crippen LogP contribution in [0.4, 0.5) is 0 Å². The van der Waals surface area contributed by atoms with Gasteiger partial charge in [-0.15, -0.1) is 11.6 Å². The van der Waals surface area contributed by atoms with Crippen molar-refractivity contribution in [3.05, 3.63) is 0 Å². The second-order valence-corrected chi connectivity index (χ2v) is 1.70. The first-order chi connectivity index (χ1) is 2.77. The molecule has 2 heteroatoms. The Morgan fingerprint density at radius 3 is 2.33 bits per heavy atom. The van der Waals surface area contributed by atoms with Gasteiger partial charge in [0, 0.05) is 5.88 Å². The number of hydrogen-bond donors (Lipinski definition) is 1. The molecule has 1 unspecified atom stereocenters. The van der Waals surface area contributed by atoms with Crippen molar-refractivity contribution >= 4 is 11.6 Å². The summed E-state index contributed by atoms with van der Waals surface area (Å²) in [7, 11) is 0. The first-order valence-corrected chi connectivity index (χ1v) is 2.55. The van der Waals surface area contributed by atoms with Crippen molar-refractivity contribution in [3.8, 4) is 0 Å². The lowest BCUT2D eigenvalue weighted by atomic mass is 10.3. The van der Waals surface area contributed by atoms with Crippen molar-refractivity contribution in [2.45, 2.75) is 19.4 Å². The fourth-order valence-corrected chi connectivity index (χ4v) is 0.474. The second kappa shape index (κ2) is 3.44. The zero-order valence-corrected chi connectivity index (χ0v) is 4.57. The quantitative estimate of drug-likeness (QED) is 0.524. The van der Waals surface area contributed by atoms with Gasteiger partial charge >= 0.3 is 0 Å². The molecule has 0 radical (unpaired) electrons. The van der Waals surface area contributed by atoms with Crippen LogP contribution in [0, 0.1) is 0 Å². The lowest BCUT2D eigenvalue weighted by Crippen LogP contribution is -1.98. The number of aliphatic hydroxyl groups excluding tert-OH is 1. The number of aliphatic hydroxyl groups is 1. The van der Waals surface area contributed by atoms with Gasteiger partial charge in [0.25, 0.3) is 0 Å². The summed E-state index contributed by atoms with van der Waals surface area (Å²) in [6, 6.07) is 0. The fraction of sp³-hybridized carbons (Fsp3) is 1.00. The van der Waals surface area contributed by atoms with Crippen LogP contribution in [0.2, 0.25) is 0 Å². The maximum absolute atomic E-state index is 8.47. The van der Waals surface area contributed by atoms with Crippen LogP contribution in [-0.2, 0) is 0 Å². The molecule has 0 aromatic carbocycles. The number of rotatable bonds is 2. The van der Waals surface area contributed by atoms with E-state index in [0.29, 0.717) is 12.3 Å². The Balaban J connectivity index is 2.63. The van der Waals surface area contributed by atoms with Crippen LogP contribution in [0.25, 0.3) is 0 Å².